The number of fused-ring (bicyclic) bond motifs is 3. The zero-order valence-corrected chi connectivity index (χ0v) is 16.1. The van der Waals surface area contributed by atoms with Crippen molar-refractivity contribution in [1.82, 2.24) is 14.8 Å². The Bertz CT molecular complexity index is 758. The minimum absolute atomic E-state index is 0.0459. The molecule has 2 aromatic heterocycles. The quantitative estimate of drug-likeness (QED) is 0.822. The van der Waals surface area contributed by atoms with Gasteiger partial charge in [-0.05, 0) is 18.4 Å². The third kappa shape index (κ3) is 3.56. The summed E-state index contributed by atoms with van der Waals surface area (Å²) in [5, 5.41) is 2.12. The fourth-order valence-electron chi connectivity index (χ4n) is 3.87. The van der Waals surface area contributed by atoms with Gasteiger partial charge in [0.2, 0.25) is 5.76 Å². The van der Waals surface area contributed by atoms with Gasteiger partial charge in [0.15, 0.2) is 5.89 Å². The van der Waals surface area contributed by atoms with Gasteiger partial charge in [0.05, 0.1) is 24.9 Å². The van der Waals surface area contributed by atoms with Crippen LogP contribution in [0.3, 0.4) is 0 Å². The maximum absolute atomic E-state index is 13.2. The Morgan fingerprint density at radius 3 is 2.96 bits per heavy atom. The average Bonchev–Trinajstić information content (AvgIpc) is 3.15. The number of hydrogen-bond donors (Lipinski definition) is 0. The van der Waals surface area contributed by atoms with E-state index in [0.29, 0.717) is 49.4 Å². The van der Waals surface area contributed by atoms with E-state index in [1.807, 2.05) is 18.7 Å². The number of thiophene rings is 1. The van der Waals surface area contributed by atoms with Gasteiger partial charge in [-0.1, -0.05) is 13.0 Å². The first-order chi connectivity index (χ1) is 12.6. The van der Waals surface area contributed by atoms with Gasteiger partial charge in [0, 0.05) is 43.4 Å². The summed E-state index contributed by atoms with van der Waals surface area (Å²) in [6.07, 6.45) is 0.692. The van der Waals surface area contributed by atoms with Crippen molar-refractivity contribution in [1.29, 1.82) is 0 Å². The van der Waals surface area contributed by atoms with E-state index in [2.05, 4.69) is 27.4 Å². The second kappa shape index (κ2) is 7.50. The molecule has 140 valence electrons. The van der Waals surface area contributed by atoms with Crippen LogP contribution < -0.4 is 0 Å². The van der Waals surface area contributed by atoms with Gasteiger partial charge in [-0.25, -0.2) is 4.98 Å². The molecule has 1 amide bonds. The molecule has 6 nitrogen and oxygen atoms in total. The van der Waals surface area contributed by atoms with E-state index in [4.69, 9.17) is 9.15 Å². The molecule has 2 fully saturated rings. The first kappa shape index (κ1) is 17.7. The number of aromatic nitrogens is 1. The number of amides is 1. The Balaban J connectivity index is 1.55. The Labute approximate surface area is 157 Å². The molecule has 0 aliphatic carbocycles. The zero-order chi connectivity index (χ0) is 18.1. The van der Waals surface area contributed by atoms with E-state index in [-0.39, 0.29) is 11.9 Å². The lowest BCUT2D eigenvalue weighted by Gasteiger charge is -2.30. The lowest BCUT2D eigenvalue weighted by Crippen LogP contribution is -2.46. The maximum Gasteiger partial charge on any atom is 0.291 e. The molecule has 4 rings (SSSR count). The molecule has 2 aromatic rings. The van der Waals surface area contributed by atoms with Crippen molar-refractivity contribution in [2.45, 2.75) is 32.9 Å². The molecule has 0 saturated carbocycles. The van der Waals surface area contributed by atoms with Gasteiger partial charge < -0.3 is 14.1 Å². The molecule has 0 unspecified atom stereocenters. The summed E-state index contributed by atoms with van der Waals surface area (Å²) < 4.78 is 11.6. The highest BCUT2D eigenvalue weighted by molar-refractivity contribution is 7.09. The van der Waals surface area contributed by atoms with Crippen LogP contribution in [0.4, 0.5) is 0 Å². The molecule has 2 bridgehead atoms. The van der Waals surface area contributed by atoms with Gasteiger partial charge in [-0.3, -0.25) is 9.69 Å². The molecule has 0 spiro atoms. The summed E-state index contributed by atoms with van der Waals surface area (Å²) in [5.74, 6) is 1.28. The van der Waals surface area contributed by atoms with Crippen molar-refractivity contribution in [3.8, 4) is 0 Å². The minimum Gasteiger partial charge on any atom is -0.435 e. The molecule has 2 aliphatic rings. The van der Waals surface area contributed by atoms with Gasteiger partial charge in [0.1, 0.15) is 0 Å². The summed E-state index contributed by atoms with van der Waals surface area (Å²) >= 11 is 1.79. The summed E-state index contributed by atoms with van der Waals surface area (Å²) in [7, 11) is 0. The van der Waals surface area contributed by atoms with E-state index in [9.17, 15) is 4.79 Å². The van der Waals surface area contributed by atoms with Gasteiger partial charge in [-0.2, -0.15) is 0 Å². The zero-order valence-electron chi connectivity index (χ0n) is 15.3. The Hall–Kier alpha value is -1.70. The van der Waals surface area contributed by atoms with Crippen molar-refractivity contribution < 1.29 is 13.9 Å². The van der Waals surface area contributed by atoms with Crippen molar-refractivity contribution in [2.24, 2.45) is 5.92 Å². The topological polar surface area (TPSA) is 58.8 Å². The second-order valence-electron chi connectivity index (χ2n) is 7.16. The highest BCUT2D eigenvalue weighted by Gasteiger charge is 2.37. The van der Waals surface area contributed by atoms with Crippen LogP contribution in [-0.2, 0) is 17.7 Å². The summed E-state index contributed by atoms with van der Waals surface area (Å²) in [6, 6.07) is 4.31. The van der Waals surface area contributed by atoms with Crippen molar-refractivity contribution in [3.05, 3.63) is 39.7 Å². The third-order valence-electron chi connectivity index (χ3n) is 5.10. The largest absolute Gasteiger partial charge is 0.435 e. The van der Waals surface area contributed by atoms with Crippen LogP contribution in [0.15, 0.2) is 21.9 Å². The lowest BCUT2D eigenvalue weighted by molar-refractivity contribution is 0.0411. The fraction of sp³-hybridized carbons (Fsp3) is 0.579. The third-order valence-corrected chi connectivity index (χ3v) is 5.96. The van der Waals surface area contributed by atoms with E-state index in [0.717, 1.165) is 19.6 Å². The molecule has 4 heterocycles. The standard InChI is InChI=1S/C19H25N3O3S/c1-3-17-20-13(2)18(25-17)19(23)22-8-14-7-21(9-15(22)12-24-11-14)10-16-5-4-6-26-16/h4-6,14-15H,3,7-12H2,1-2H3/t14-,15-/m0/s1. The number of carbonyl (C=O) groups is 1. The number of hydrogen-bond acceptors (Lipinski definition) is 6. The van der Waals surface area contributed by atoms with Crippen LogP contribution in [-0.4, -0.2) is 59.6 Å². The second-order valence-corrected chi connectivity index (χ2v) is 8.20. The molecule has 0 radical (unpaired) electrons. The van der Waals surface area contributed by atoms with Gasteiger partial charge >= 0.3 is 0 Å². The van der Waals surface area contributed by atoms with Crippen LogP contribution in [0.25, 0.3) is 0 Å². The van der Waals surface area contributed by atoms with Gasteiger partial charge in [-0.15, -0.1) is 11.3 Å². The number of ether oxygens (including phenoxy) is 1. The van der Waals surface area contributed by atoms with E-state index in [1.165, 1.54) is 4.88 Å². The maximum atomic E-state index is 13.2. The number of aryl methyl sites for hydroxylation is 2. The number of oxazole rings is 1. The Kier molecular flexibility index (Phi) is 5.11. The lowest BCUT2D eigenvalue weighted by atomic mass is 10.1. The van der Waals surface area contributed by atoms with Crippen LogP contribution in [0.1, 0.15) is 33.9 Å². The average molecular weight is 375 g/mol. The monoisotopic (exact) mass is 375 g/mol. The molecule has 7 heteroatoms. The van der Waals surface area contributed by atoms with Crippen molar-refractivity contribution in [2.75, 3.05) is 32.8 Å². The van der Waals surface area contributed by atoms with E-state index in [1.54, 1.807) is 11.3 Å². The number of nitrogens with zero attached hydrogens (tertiary/aromatic N) is 3. The normalized spacial score (nSPS) is 23.8. The van der Waals surface area contributed by atoms with Crippen molar-refractivity contribution in [3.63, 3.8) is 0 Å². The molecule has 2 atom stereocenters. The number of rotatable bonds is 4. The predicted molar refractivity (Wildman–Crippen MR) is 99.3 cm³/mol. The molecule has 0 aromatic carbocycles. The SMILES string of the molecule is CCc1nc(C)c(C(=O)N2C[C@H]3COC[C@@H]2CN(Cc2cccs2)C3)o1. The smallest absolute Gasteiger partial charge is 0.291 e. The molecular weight excluding hydrogens is 350 g/mol. The van der Waals surface area contributed by atoms with E-state index < -0.39 is 0 Å². The molecule has 26 heavy (non-hydrogen) atoms. The van der Waals surface area contributed by atoms with Gasteiger partial charge in [0.25, 0.3) is 5.91 Å². The molecule has 2 aliphatic heterocycles. The first-order valence-electron chi connectivity index (χ1n) is 9.23. The van der Waals surface area contributed by atoms with Crippen LogP contribution >= 0.6 is 11.3 Å². The Morgan fingerprint density at radius 1 is 1.35 bits per heavy atom. The highest BCUT2D eigenvalue weighted by Crippen LogP contribution is 2.25. The number of carbonyl (C=O) groups excluding carboxylic acids is 1. The van der Waals surface area contributed by atoms with Crippen LogP contribution in [0.5, 0.6) is 0 Å². The van der Waals surface area contributed by atoms with Crippen molar-refractivity contribution >= 4 is 17.2 Å². The highest BCUT2D eigenvalue weighted by atomic mass is 32.1. The van der Waals surface area contributed by atoms with Crippen LogP contribution in [0.2, 0.25) is 0 Å². The Morgan fingerprint density at radius 2 is 2.23 bits per heavy atom. The summed E-state index contributed by atoms with van der Waals surface area (Å²) in [5.41, 5.74) is 0.682. The fourth-order valence-corrected chi connectivity index (χ4v) is 4.62. The summed E-state index contributed by atoms with van der Waals surface area (Å²) in [6.45, 7) is 8.55. The predicted octanol–water partition coefficient (Wildman–Crippen LogP) is 2.58. The first-order valence-corrected chi connectivity index (χ1v) is 10.1. The molecule has 2 saturated heterocycles. The minimum atomic E-state index is -0.0480. The van der Waals surface area contributed by atoms with E-state index >= 15 is 0 Å². The molecular formula is C19H25N3O3S. The summed E-state index contributed by atoms with van der Waals surface area (Å²) in [4.78, 5) is 23.3. The van der Waals surface area contributed by atoms with Crippen LogP contribution in [0, 0.1) is 12.8 Å². The molecule has 0 N–H and O–H groups in total.